The Hall–Kier alpha value is -4.77. The van der Waals surface area contributed by atoms with Crippen molar-refractivity contribution in [3.8, 4) is 22.5 Å². The van der Waals surface area contributed by atoms with Gasteiger partial charge in [0.15, 0.2) is 5.65 Å². The molecule has 5 aromatic rings. The third-order valence-corrected chi connectivity index (χ3v) is 7.39. The van der Waals surface area contributed by atoms with Gasteiger partial charge in [-0.05, 0) is 30.3 Å². The van der Waals surface area contributed by atoms with Crippen molar-refractivity contribution in [3.63, 3.8) is 0 Å². The number of hydrogen-bond donors (Lipinski definition) is 1. The largest absolute Gasteiger partial charge is 0.465 e. The summed E-state index contributed by atoms with van der Waals surface area (Å²) in [6.07, 6.45) is 2.90. The number of non-ortho nitro benzene ring substituents is 1. The fraction of sp³-hybridized carbons (Fsp3) is 0.0400. The molecule has 0 aliphatic heterocycles. The van der Waals surface area contributed by atoms with Gasteiger partial charge in [-0.15, -0.1) is 0 Å². The zero-order valence-corrected chi connectivity index (χ0v) is 19.6. The zero-order valence-electron chi connectivity index (χ0n) is 18.8. The molecule has 0 bridgehead atoms. The number of nitro groups is 1. The first kappa shape index (κ1) is 23.0. The highest BCUT2D eigenvalue weighted by Crippen LogP contribution is 2.35. The van der Waals surface area contributed by atoms with Crippen LogP contribution in [0.3, 0.4) is 0 Å². The van der Waals surface area contributed by atoms with Crippen LogP contribution in [-0.2, 0) is 14.8 Å². The highest BCUT2D eigenvalue weighted by molar-refractivity contribution is 7.90. The average molecular weight is 503 g/mol. The number of H-pyrrole nitrogens is 1. The van der Waals surface area contributed by atoms with Crippen LogP contribution in [0.15, 0.2) is 90.1 Å². The number of pyridine rings is 1. The molecular formula is C25H18N4O6S. The molecule has 0 fully saturated rings. The predicted octanol–water partition coefficient (Wildman–Crippen LogP) is 4.63. The number of ether oxygens (including phenoxy) is 1. The van der Waals surface area contributed by atoms with E-state index in [2.05, 4.69) is 9.97 Å². The molecule has 3 heterocycles. The van der Waals surface area contributed by atoms with Crippen molar-refractivity contribution in [2.75, 3.05) is 7.11 Å². The summed E-state index contributed by atoms with van der Waals surface area (Å²) < 4.78 is 32.5. The maximum absolute atomic E-state index is 13.2. The Morgan fingerprint density at radius 3 is 2.56 bits per heavy atom. The van der Waals surface area contributed by atoms with E-state index in [4.69, 9.17) is 4.74 Å². The third kappa shape index (κ3) is 3.81. The molecule has 36 heavy (non-hydrogen) atoms. The molecule has 0 saturated heterocycles. The summed E-state index contributed by atoms with van der Waals surface area (Å²) in [6, 6.07) is 18.8. The van der Waals surface area contributed by atoms with Gasteiger partial charge in [-0.2, -0.15) is 0 Å². The second-order valence-electron chi connectivity index (χ2n) is 7.80. The van der Waals surface area contributed by atoms with Crippen LogP contribution < -0.4 is 0 Å². The number of aromatic amines is 1. The van der Waals surface area contributed by atoms with E-state index in [-0.39, 0.29) is 21.8 Å². The molecular weight excluding hydrogens is 484 g/mol. The lowest BCUT2D eigenvalue weighted by atomic mass is 10.1. The van der Waals surface area contributed by atoms with Gasteiger partial charge in [-0.1, -0.05) is 30.3 Å². The maximum Gasteiger partial charge on any atom is 0.340 e. The van der Waals surface area contributed by atoms with E-state index in [1.807, 2.05) is 0 Å². The number of esters is 1. The Morgan fingerprint density at radius 1 is 1.06 bits per heavy atom. The lowest BCUT2D eigenvalue weighted by molar-refractivity contribution is -0.384. The van der Waals surface area contributed by atoms with Gasteiger partial charge in [0.1, 0.15) is 0 Å². The second-order valence-corrected chi connectivity index (χ2v) is 9.61. The number of nitrogens with one attached hydrogen (secondary N) is 1. The lowest BCUT2D eigenvalue weighted by Gasteiger charge is -2.07. The Bertz CT molecular complexity index is 1740. The number of rotatable bonds is 6. The number of hydrogen-bond acceptors (Lipinski definition) is 7. The molecule has 180 valence electrons. The van der Waals surface area contributed by atoms with E-state index >= 15 is 0 Å². The summed E-state index contributed by atoms with van der Waals surface area (Å²) in [5.41, 5.74) is 2.08. The SMILES string of the molecule is COC(=O)c1cc(-c2ccnc3c2ccn3S(=O)(=O)c2ccccc2)[nH]c1-c1cccc([N+](=O)[O-])c1. The zero-order chi connectivity index (χ0) is 25.4. The Morgan fingerprint density at radius 2 is 1.83 bits per heavy atom. The van der Waals surface area contributed by atoms with E-state index in [1.54, 1.807) is 42.5 Å². The summed E-state index contributed by atoms with van der Waals surface area (Å²) in [6.45, 7) is 0. The first-order chi connectivity index (χ1) is 17.3. The monoisotopic (exact) mass is 502 g/mol. The first-order valence-corrected chi connectivity index (χ1v) is 12.1. The molecule has 0 radical (unpaired) electrons. The van der Waals surface area contributed by atoms with Crippen LogP contribution in [0.1, 0.15) is 10.4 Å². The van der Waals surface area contributed by atoms with Crippen LogP contribution in [0, 0.1) is 10.1 Å². The van der Waals surface area contributed by atoms with Crippen LogP contribution in [0.4, 0.5) is 5.69 Å². The summed E-state index contributed by atoms with van der Waals surface area (Å²) in [5, 5.41) is 11.8. The van der Waals surface area contributed by atoms with E-state index in [0.29, 0.717) is 27.9 Å². The molecule has 3 aromatic heterocycles. The summed E-state index contributed by atoms with van der Waals surface area (Å²) in [7, 11) is -2.65. The van der Waals surface area contributed by atoms with Crippen molar-refractivity contribution < 1.29 is 22.9 Å². The molecule has 0 atom stereocenters. The molecule has 0 amide bonds. The molecule has 10 nitrogen and oxygen atoms in total. The summed E-state index contributed by atoms with van der Waals surface area (Å²) >= 11 is 0. The number of nitro benzene ring substituents is 1. The van der Waals surface area contributed by atoms with Gasteiger partial charge in [0.25, 0.3) is 15.7 Å². The summed E-state index contributed by atoms with van der Waals surface area (Å²) in [5.74, 6) is -0.631. The Kier molecular flexibility index (Phi) is 5.61. The predicted molar refractivity (Wildman–Crippen MR) is 132 cm³/mol. The Labute approximate surface area is 205 Å². The number of aromatic nitrogens is 3. The van der Waals surface area contributed by atoms with Crippen molar-refractivity contribution in [1.29, 1.82) is 0 Å². The standard InChI is InChI=1S/C25H18N4O6S/c1-35-25(30)21-15-22(27-23(21)16-6-5-7-17(14-16)29(31)32)19-10-12-26-24-20(19)11-13-28(24)36(33,34)18-8-3-2-4-9-18/h2-15,27H,1H3. The number of carbonyl (C=O) groups excluding carboxylic acids is 1. The smallest absolute Gasteiger partial charge is 0.340 e. The molecule has 1 N–H and O–H groups in total. The lowest BCUT2D eigenvalue weighted by Crippen LogP contribution is -2.12. The number of fused-ring (bicyclic) bond motifs is 1. The van der Waals surface area contributed by atoms with Gasteiger partial charge in [-0.25, -0.2) is 22.2 Å². The number of nitrogens with zero attached hydrogens (tertiary/aromatic N) is 3. The van der Waals surface area contributed by atoms with Gasteiger partial charge in [0, 0.05) is 46.7 Å². The number of methoxy groups -OCH3 is 1. The minimum Gasteiger partial charge on any atom is -0.465 e. The molecule has 0 aliphatic carbocycles. The minimum atomic E-state index is -3.89. The van der Waals surface area contributed by atoms with Crippen LogP contribution in [-0.4, -0.2) is 40.4 Å². The van der Waals surface area contributed by atoms with Gasteiger partial charge >= 0.3 is 5.97 Å². The average Bonchev–Trinajstić information content (AvgIpc) is 3.54. The van der Waals surface area contributed by atoms with Crippen LogP contribution in [0.2, 0.25) is 0 Å². The van der Waals surface area contributed by atoms with Crippen molar-refractivity contribution in [2.24, 2.45) is 0 Å². The fourth-order valence-electron chi connectivity index (χ4n) is 4.02. The highest BCUT2D eigenvalue weighted by Gasteiger charge is 2.23. The Balaban J connectivity index is 1.68. The van der Waals surface area contributed by atoms with Crippen LogP contribution >= 0.6 is 0 Å². The van der Waals surface area contributed by atoms with Gasteiger partial charge < -0.3 is 9.72 Å². The van der Waals surface area contributed by atoms with E-state index < -0.39 is 20.9 Å². The molecule has 0 unspecified atom stereocenters. The van der Waals surface area contributed by atoms with Gasteiger partial charge in [0.05, 0.1) is 28.2 Å². The summed E-state index contributed by atoms with van der Waals surface area (Å²) in [4.78, 5) is 30.9. The first-order valence-electron chi connectivity index (χ1n) is 10.6. The van der Waals surface area contributed by atoms with Crippen molar-refractivity contribution in [3.05, 3.63) is 101 Å². The van der Waals surface area contributed by atoms with Gasteiger partial charge in [0.2, 0.25) is 0 Å². The molecule has 5 rings (SSSR count). The van der Waals surface area contributed by atoms with Crippen LogP contribution in [0.25, 0.3) is 33.5 Å². The third-order valence-electron chi connectivity index (χ3n) is 5.71. The van der Waals surface area contributed by atoms with E-state index in [9.17, 15) is 23.3 Å². The fourth-order valence-corrected chi connectivity index (χ4v) is 5.35. The topological polar surface area (TPSA) is 137 Å². The molecule has 0 saturated carbocycles. The normalized spacial score (nSPS) is 11.5. The number of carbonyl (C=O) groups is 1. The highest BCUT2D eigenvalue weighted by atomic mass is 32.2. The quantitative estimate of drug-likeness (QED) is 0.203. The van der Waals surface area contributed by atoms with Crippen molar-refractivity contribution in [1.82, 2.24) is 13.9 Å². The number of benzene rings is 2. The molecule has 0 aliphatic rings. The minimum absolute atomic E-state index is 0.121. The van der Waals surface area contributed by atoms with Gasteiger partial charge in [-0.3, -0.25) is 10.1 Å². The molecule has 0 spiro atoms. The van der Waals surface area contributed by atoms with E-state index in [0.717, 1.165) is 3.97 Å². The van der Waals surface area contributed by atoms with E-state index in [1.165, 1.54) is 49.8 Å². The van der Waals surface area contributed by atoms with Crippen LogP contribution in [0.5, 0.6) is 0 Å². The van der Waals surface area contributed by atoms with Crippen molar-refractivity contribution >= 4 is 32.7 Å². The molecule has 2 aromatic carbocycles. The second kappa shape index (κ2) is 8.78. The molecule has 11 heteroatoms. The van der Waals surface area contributed by atoms with Crippen molar-refractivity contribution in [2.45, 2.75) is 4.90 Å². The maximum atomic E-state index is 13.2.